The van der Waals surface area contributed by atoms with Crippen molar-refractivity contribution in [2.24, 2.45) is 5.92 Å². The molecular weight excluding hydrogens is 340 g/mol. The van der Waals surface area contributed by atoms with Crippen LogP contribution in [0, 0.1) is 26.1 Å². The van der Waals surface area contributed by atoms with Crippen molar-refractivity contribution in [1.29, 1.82) is 0 Å². The van der Waals surface area contributed by atoms with Crippen LogP contribution in [0.5, 0.6) is 0 Å². The summed E-state index contributed by atoms with van der Waals surface area (Å²) >= 11 is 5.65. The van der Waals surface area contributed by atoms with Crippen LogP contribution in [0.1, 0.15) is 48.9 Å². The average Bonchev–Trinajstić information content (AvgIpc) is 2.55. The number of ether oxygens (including phenoxy) is 1. The van der Waals surface area contributed by atoms with Gasteiger partial charge in [0.2, 0.25) is 0 Å². The topological polar surface area (TPSA) is 113 Å². The molecule has 1 aliphatic rings. The standard InChI is InChI=1S/C15H17ClN2O6/c16-14-12(17(20)21)8-11(9-13(14)18(22)23)15(19)24-7-6-10-4-2-1-3-5-10/h8-10H,1-7H2. The van der Waals surface area contributed by atoms with Gasteiger partial charge in [-0.3, -0.25) is 20.2 Å². The van der Waals surface area contributed by atoms with Gasteiger partial charge in [0.1, 0.15) is 0 Å². The maximum atomic E-state index is 12.0. The molecular formula is C15H17ClN2O6. The minimum atomic E-state index is -0.867. The molecule has 8 nitrogen and oxygen atoms in total. The van der Waals surface area contributed by atoms with Crippen molar-refractivity contribution in [2.45, 2.75) is 38.5 Å². The zero-order valence-corrected chi connectivity index (χ0v) is 13.7. The highest BCUT2D eigenvalue weighted by atomic mass is 35.5. The normalized spacial score (nSPS) is 15.0. The van der Waals surface area contributed by atoms with E-state index in [1.807, 2.05) is 0 Å². The molecule has 0 atom stereocenters. The smallest absolute Gasteiger partial charge is 0.338 e. The Morgan fingerprint density at radius 1 is 1.12 bits per heavy atom. The van der Waals surface area contributed by atoms with E-state index in [0.29, 0.717) is 5.92 Å². The molecule has 1 aromatic carbocycles. The first-order valence-electron chi connectivity index (χ1n) is 7.69. The van der Waals surface area contributed by atoms with Gasteiger partial charge in [-0.25, -0.2) is 4.79 Å². The Bertz CT molecular complexity index is 622. The van der Waals surface area contributed by atoms with E-state index < -0.39 is 32.2 Å². The van der Waals surface area contributed by atoms with Gasteiger partial charge in [0.05, 0.1) is 22.0 Å². The van der Waals surface area contributed by atoms with Gasteiger partial charge in [0.15, 0.2) is 5.02 Å². The van der Waals surface area contributed by atoms with Crippen molar-refractivity contribution in [3.63, 3.8) is 0 Å². The third-order valence-electron chi connectivity index (χ3n) is 4.15. The van der Waals surface area contributed by atoms with Crippen LogP contribution in [0.25, 0.3) is 0 Å². The van der Waals surface area contributed by atoms with Gasteiger partial charge >= 0.3 is 5.97 Å². The van der Waals surface area contributed by atoms with Crippen LogP contribution >= 0.6 is 11.6 Å². The lowest BCUT2D eigenvalue weighted by atomic mass is 9.87. The van der Waals surface area contributed by atoms with E-state index in [1.54, 1.807) is 0 Å². The summed E-state index contributed by atoms with van der Waals surface area (Å²) in [5.41, 5.74) is -1.63. The van der Waals surface area contributed by atoms with Gasteiger partial charge in [-0.05, 0) is 12.3 Å². The summed E-state index contributed by atoms with van der Waals surface area (Å²) < 4.78 is 5.11. The number of benzene rings is 1. The molecule has 0 heterocycles. The summed E-state index contributed by atoms with van der Waals surface area (Å²) in [6.07, 6.45) is 6.52. The number of hydrogen-bond acceptors (Lipinski definition) is 6. The van der Waals surface area contributed by atoms with Crippen molar-refractivity contribution < 1.29 is 19.4 Å². The molecule has 0 unspecified atom stereocenters. The zero-order chi connectivity index (χ0) is 17.7. The van der Waals surface area contributed by atoms with Gasteiger partial charge in [-0.2, -0.15) is 0 Å². The molecule has 2 rings (SSSR count). The molecule has 0 aromatic heterocycles. The first kappa shape index (κ1) is 18.1. The van der Waals surface area contributed by atoms with E-state index in [4.69, 9.17) is 16.3 Å². The van der Waals surface area contributed by atoms with E-state index in [1.165, 1.54) is 19.3 Å². The Morgan fingerprint density at radius 3 is 2.17 bits per heavy atom. The van der Waals surface area contributed by atoms with Crippen molar-refractivity contribution in [3.8, 4) is 0 Å². The second kappa shape index (κ2) is 8.05. The second-order valence-electron chi connectivity index (χ2n) is 5.77. The number of rotatable bonds is 6. The summed E-state index contributed by atoms with van der Waals surface area (Å²) in [7, 11) is 0. The van der Waals surface area contributed by atoms with Crippen LogP contribution in [0.2, 0.25) is 5.02 Å². The Hall–Kier alpha value is -2.22. The van der Waals surface area contributed by atoms with E-state index in [-0.39, 0.29) is 12.2 Å². The summed E-state index contributed by atoms with van der Waals surface area (Å²) in [6, 6.07) is 1.80. The van der Waals surface area contributed by atoms with Crippen molar-refractivity contribution >= 4 is 28.9 Å². The molecule has 24 heavy (non-hydrogen) atoms. The van der Waals surface area contributed by atoms with Crippen LogP contribution in [0.15, 0.2) is 12.1 Å². The number of esters is 1. The van der Waals surface area contributed by atoms with E-state index in [9.17, 15) is 25.0 Å². The summed E-state index contributed by atoms with van der Waals surface area (Å²) in [6.45, 7) is 0.188. The first-order valence-corrected chi connectivity index (χ1v) is 8.07. The molecule has 0 aliphatic heterocycles. The number of hydrogen-bond donors (Lipinski definition) is 0. The van der Waals surface area contributed by atoms with E-state index in [2.05, 4.69) is 0 Å². The van der Waals surface area contributed by atoms with Crippen LogP contribution in [-0.4, -0.2) is 22.4 Å². The number of halogens is 1. The minimum Gasteiger partial charge on any atom is -0.462 e. The van der Waals surface area contributed by atoms with Gasteiger partial charge in [-0.15, -0.1) is 0 Å². The SMILES string of the molecule is O=C(OCCC1CCCCC1)c1cc([N+](=O)[O-])c(Cl)c([N+](=O)[O-])c1. The number of nitro benzene ring substituents is 2. The van der Waals surface area contributed by atoms with Crippen LogP contribution < -0.4 is 0 Å². The predicted octanol–water partition coefficient (Wildman–Crippen LogP) is 4.28. The summed E-state index contributed by atoms with van der Waals surface area (Å²) in [5, 5.41) is 21.3. The van der Waals surface area contributed by atoms with Gasteiger partial charge in [-0.1, -0.05) is 43.7 Å². The van der Waals surface area contributed by atoms with Gasteiger partial charge in [0, 0.05) is 12.1 Å². The van der Waals surface area contributed by atoms with Crippen LogP contribution in [0.4, 0.5) is 11.4 Å². The maximum Gasteiger partial charge on any atom is 0.338 e. The number of carbonyl (C=O) groups excluding carboxylic acids is 1. The predicted molar refractivity (Wildman–Crippen MR) is 86.2 cm³/mol. The second-order valence-corrected chi connectivity index (χ2v) is 6.15. The highest BCUT2D eigenvalue weighted by Crippen LogP contribution is 2.35. The van der Waals surface area contributed by atoms with Crippen LogP contribution in [-0.2, 0) is 4.74 Å². The monoisotopic (exact) mass is 356 g/mol. The molecule has 1 aromatic rings. The fourth-order valence-corrected chi connectivity index (χ4v) is 3.10. The first-order chi connectivity index (χ1) is 11.4. The lowest BCUT2D eigenvalue weighted by molar-refractivity contribution is -0.393. The Morgan fingerprint density at radius 2 is 1.67 bits per heavy atom. The van der Waals surface area contributed by atoms with Crippen LogP contribution in [0.3, 0.4) is 0 Å². The fourth-order valence-electron chi connectivity index (χ4n) is 2.86. The van der Waals surface area contributed by atoms with E-state index >= 15 is 0 Å². The maximum absolute atomic E-state index is 12.0. The molecule has 0 radical (unpaired) electrons. The molecule has 130 valence electrons. The highest BCUT2D eigenvalue weighted by molar-refractivity contribution is 6.35. The Kier molecular flexibility index (Phi) is 6.08. The number of carbonyl (C=O) groups is 1. The van der Waals surface area contributed by atoms with E-state index in [0.717, 1.165) is 31.4 Å². The molecule has 0 amide bonds. The largest absolute Gasteiger partial charge is 0.462 e. The molecule has 9 heteroatoms. The molecule has 1 saturated carbocycles. The summed E-state index contributed by atoms with van der Waals surface area (Å²) in [5.74, 6) is -0.311. The minimum absolute atomic E-state index is 0.188. The highest BCUT2D eigenvalue weighted by Gasteiger charge is 2.27. The third kappa shape index (κ3) is 4.41. The quantitative estimate of drug-likeness (QED) is 0.427. The van der Waals surface area contributed by atoms with Gasteiger partial charge in [0.25, 0.3) is 11.4 Å². The number of nitro groups is 2. The number of nitrogens with zero attached hydrogens (tertiary/aromatic N) is 2. The molecule has 0 N–H and O–H groups in total. The molecule has 0 bridgehead atoms. The van der Waals surface area contributed by atoms with Gasteiger partial charge < -0.3 is 4.74 Å². The summed E-state index contributed by atoms with van der Waals surface area (Å²) in [4.78, 5) is 32.2. The molecule has 0 spiro atoms. The lowest BCUT2D eigenvalue weighted by Gasteiger charge is -2.21. The lowest BCUT2D eigenvalue weighted by Crippen LogP contribution is -2.13. The molecule has 1 fully saturated rings. The molecule has 0 saturated heterocycles. The third-order valence-corrected chi connectivity index (χ3v) is 4.53. The average molecular weight is 357 g/mol. The van der Waals surface area contributed by atoms with Crippen molar-refractivity contribution in [3.05, 3.63) is 42.9 Å². The Labute approximate surface area is 143 Å². The van der Waals surface area contributed by atoms with Crippen molar-refractivity contribution in [1.82, 2.24) is 0 Å². The van der Waals surface area contributed by atoms with Crippen molar-refractivity contribution in [2.75, 3.05) is 6.61 Å². The zero-order valence-electron chi connectivity index (χ0n) is 12.9. The fraction of sp³-hybridized carbons (Fsp3) is 0.533. The Balaban J connectivity index is 2.07. The molecule has 1 aliphatic carbocycles.